The molecule has 1 N–H and O–H groups in total. The summed E-state index contributed by atoms with van der Waals surface area (Å²) < 4.78 is 6.64. The van der Waals surface area contributed by atoms with Gasteiger partial charge in [-0.3, -0.25) is 0 Å². The minimum absolute atomic E-state index is 0.465. The molecule has 0 radical (unpaired) electrons. The summed E-state index contributed by atoms with van der Waals surface area (Å²) in [7, 11) is -1.47. The van der Waals surface area contributed by atoms with Crippen LogP contribution in [0.1, 0.15) is 65.7 Å². The second-order valence-electron chi connectivity index (χ2n) is 10.9. The van der Waals surface area contributed by atoms with Crippen molar-refractivity contribution in [1.29, 1.82) is 0 Å². The lowest BCUT2D eigenvalue weighted by atomic mass is 9.61. The Labute approximate surface area is 156 Å². The van der Waals surface area contributed by atoms with Crippen LogP contribution in [0.15, 0.2) is 12.2 Å². The third-order valence-electron chi connectivity index (χ3n) is 7.40. The summed E-state index contributed by atoms with van der Waals surface area (Å²) in [5.74, 6) is 2.89. The average molecular weight is 365 g/mol. The van der Waals surface area contributed by atoms with Crippen LogP contribution in [0, 0.1) is 29.1 Å². The van der Waals surface area contributed by atoms with Crippen molar-refractivity contribution < 1.29 is 9.53 Å². The molecule has 3 aliphatic rings. The van der Waals surface area contributed by atoms with Crippen molar-refractivity contribution in [3.63, 3.8) is 0 Å². The molecule has 4 unspecified atom stereocenters. The normalized spacial score (nSPS) is 45.6. The van der Waals surface area contributed by atoms with Gasteiger partial charge in [0.2, 0.25) is 0 Å². The van der Waals surface area contributed by atoms with Crippen molar-refractivity contribution in [1.82, 2.24) is 0 Å². The number of hydrogen-bond acceptors (Lipinski definition) is 2. The summed E-state index contributed by atoms with van der Waals surface area (Å²) in [5, 5.41) is 10.2. The molecule has 0 amide bonds. The van der Waals surface area contributed by atoms with Gasteiger partial charge in [0.1, 0.15) is 0 Å². The molecule has 0 bridgehead atoms. The van der Waals surface area contributed by atoms with Gasteiger partial charge in [0.25, 0.3) is 0 Å². The summed E-state index contributed by atoms with van der Waals surface area (Å²) >= 11 is 0. The summed E-state index contributed by atoms with van der Waals surface area (Å²) in [5.41, 5.74) is -0.111. The van der Waals surface area contributed by atoms with E-state index in [9.17, 15) is 5.11 Å². The van der Waals surface area contributed by atoms with Crippen LogP contribution in [0.4, 0.5) is 0 Å². The molecular formula is C22H40O2Si. The lowest BCUT2D eigenvalue weighted by Crippen LogP contribution is -2.46. The molecule has 7 atom stereocenters. The monoisotopic (exact) mass is 364 g/mol. The first kappa shape index (κ1) is 19.6. The Hall–Kier alpha value is -0.123. The van der Waals surface area contributed by atoms with Crippen LogP contribution in [-0.2, 0) is 4.43 Å². The largest absolute Gasteiger partial charge is 0.414 e. The van der Waals surface area contributed by atoms with Gasteiger partial charge in [0.15, 0.2) is 8.32 Å². The van der Waals surface area contributed by atoms with Crippen LogP contribution in [-0.4, -0.2) is 25.1 Å². The van der Waals surface area contributed by atoms with Crippen LogP contribution < -0.4 is 0 Å². The number of fused-ring (bicyclic) bond motifs is 1. The second-order valence-corrected chi connectivity index (χ2v) is 15.3. The van der Waals surface area contributed by atoms with Crippen LogP contribution in [0.2, 0.25) is 19.6 Å². The number of allylic oxidation sites excluding steroid dienone is 1. The fraction of sp³-hybridized carbons (Fsp3) is 0.909. The molecule has 0 aromatic carbocycles. The first-order valence-corrected chi connectivity index (χ1v) is 14.0. The lowest BCUT2D eigenvalue weighted by Gasteiger charge is -2.48. The molecule has 2 fully saturated rings. The summed E-state index contributed by atoms with van der Waals surface area (Å²) in [6.45, 7) is 14.0. The van der Waals surface area contributed by atoms with Crippen LogP contribution in [0.5, 0.6) is 0 Å². The molecule has 144 valence electrons. The van der Waals surface area contributed by atoms with E-state index in [-0.39, 0.29) is 0 Å². The van der Waals surface area contributed by atoms with Crippen LogP contribution in [0.25, 0.3) is 0 Å². The Morgan fingerprint density at radius 1 is 1.20 bits per heavy atom. The molecule has 0 aromatic rings. The van der Waals surface area contributed by atoms with Crippen LogP contribution >= 0.6 is 0 Å². The standard InChI is InChI=1S/C22H40O2Si/c1-16(14-17-11-13-21(2,23)15-17)18-9-10-19-20(24-25(4,5)6)8-7-12-22(18,19)3/h11,13,16-20,23H,7-10,12,14-15H2,1-6H3/t16-,17?,18-,19?,20?,21?,22-/m1/s1. The van der Waals surface area contributed by atoms with Gasteiger partial charge in [-0.2, -0.15) is 0 Å². The third-order valence-corrected chi connectivity index (χ3v) is 8.41. The van der Waals surface area contributed by atoms with Crippen molar-refractivity contribution in [2.75, 3.05) is 0 Å². The SMILES string of the molecule is C[C@H](CC1C=CC(C)(O)C1)[C@H]1CCC2C(O[Si](C)(C)C)CCC[C@@]21C. The maximum absolute atomic E-state index is 10.2. The summed E-state index contributed by atoms with van der Waals surface area (Å²) in [4.78, 5) is 0. The van der Waals surface area contributed by atoms with E-state index in [1.165, 1.54) is 38.5 Å². The van der Waals surface area contributed by atoms with Crippen molar-refractivity contribution in [3.05, 3.63) is 12.2 Å². The smallest absolute Gasteiger partial charge is 0.184 e. The van der Waals surface area contributed by atoms with Gasteiger partial charge in [-0.25, -0.2) is 0 Å². The minimum atomic E-state index is -1.47. The number of rotatable bonds is 5. The fourth-order valence-electron chi connectivity index (χ4n) is 6.50. The molecule has 3 aliphatic carbocycles. The molecule has 0 spiro atoms. The zero-order valence-corrected chi connectivity index (χ0v) is 18.3. The first-order chi connectivity index (χ1) is 11.5. The Morgan fingerprint density at radius 3 is 2.52 bits per heavy atom. The van der Waals surface area contributed by atoms with Gasteiger partial charge in [-0.05, 0) is 94.2 Å². The highest BCUT2D eigenvalue weighted by Crippen LogP contribution is 2.59. The van der Waals surface area contributed by atoms with Crippen molar-refractivity contribution in [3.8, 4) is 0 Å². The molecule has 0 heterocycles. The zero-order valence-electron chi connectivity index (χ0n) is 17.3. The summed E-state index contributed by atoms with van der Waals surface area (Å²) in [6, 6.07) is 0. The van der Waals surface area contributed by atoms with Gasteiger partial charge in [-0.1, -0.05) is 32.4 Å². The molecule has 3 rings (SSSR count). The van der Waals surface area contributed by atoms with E-state index >= 15 is 0 Å². The molecule has 25 heavy (non-hydrogen) atoms. The fourth-order valence-corrected chi connectivity index (χ4v) is 7.69. The molecule has 0 aromatic heterocycles. The third kappa shape index (κ3) is 4.25. The number of hydrogen-bond donors (Lipinski definition) is 1. The summed E-state index contributed by atoms with van der Waals surface area (Å²) in [6.07, 6.45) is 13.7. The van der Waals surface area contributed by atoms with E-state index in [0.29, 0.717) is 17.4 Å². The Kier molecular flexibility index (Phi) is 5.34. The van der Waals surface area contributed by atoms with Crippen molar-refractivity contribution in [2.45, 2.75) is 97.1 Å². The highest BCUT2D eigenvalue weighted by Gasteiger charge is 2.53. The molecule has 0 aliphatic heterocycles. The predicted molar refractivity (Wildman–Crippen MR) is 108 cm³/mol. The van der Waals surface area contributed by atoms with E-state index < -0.39 is 13.9 Å². The average Bonchev–Trinajstić information content (AvgIpc) is 2.97. The Balaban J connectivity index is 1.66. The Morgan fingerprint density at radius 2 is 1.92 bits per heavy atom. The van der Waals surface area contributed by atoms with Crippen molar-refractivity contribution >= 4 is 8.32 Å². The predicted octanol–water partition coefficient (Wildman–Crippen LogP) is 5.78. The van der Waals surface area contributed by atoms with E-state index in [4.69, 9.17) is 4.43 Å². The lowest BCUT2D eigenvalue weighted by molar-refractivity contribution is -0.0200. The molecule has 2 nitrogen and oxygen atoms in total. The molecule has 0 saturated heterocycles. The van der Waals surface area contributed by atoms with Gasteiger partial charge < -0.3 is 9.53 Å². The molecule has 2 saturated carbocycles. The van der Waals surface area contributed by atoms with E-state index in [0.717, 1.165) is 24.2 Å². The van der Waals surface area contributed by atoms with E-state index in [1.54, 1.807) is 0 Å². The van der Waals surface area contributed by atoms with Crippen LogP contribution in [0.3, 0.4) is 0 Å². The first-order valence-electron chi connectivity index (χ1n) is 10.6. The van der Waals surface area contributed by atoms with Gasteiger partial charge in [-0.15, -0.1) is 0 Å². The maximum atomic E-state index is 10.2. The number of aliphatic hydroxyl groups is 1. The molecular weight excluding hydrogens is 324 g/mol. The minimum Gasteiger partial charge on any atom is -0.414 e. The van der Waals surface area contributed by atoms with Gasteiger partial charge in [0, 0.05) is 6.10 Å². The second kappa shape index (κ2) is 6.80. The van der Waals surface area contributed by atoms with E-state index in [1.807, 2.05) is 13.0 Å². The maximum Gasteiger partial charge on any atom is 0.184 e. The van der Waals surface area contributed by atoms with Gasteiger partial charge >= 0.3 is 0 Å². The van der Waals surface area contributed by atoms with Gasteiger partial charge in [0.05, 0.1) is 5.60 Å². The highest BCUT2D eigenvalue weighted by molar-refractivity contribution is 6.69. The Bertz CT molecular complexity index is 507. The van der Waals surface area contributed by atoms with Crippen molar-refractivity contribution in [2.24, 2.45) is 29.1 Å². The quantitative estimate of drug-likeness (QED) is 0.495. The highest BCUT2D eigenvalue weighted by atomic mass is 28.4. The topological polar surface area (TPSA) is 29.5 Å². The zero-order chi connectivity index (χ0) is 18.5. The molecule has 3 heteroatoms. The van der Waals surface area contributed by atoms with E-state index in [2.05, 4.69) is 39.6 Å².